The summed E-state index contributed by atoms with van der Waals surface area (Å²) in [6.07, 6.45) is 1.49. The van der Waals surface area contributed by atoms with E-state index < -0.39 is 6.10 Å². The quantitative estimate of drug-likeness (QED) is 0.835. The van der Waals surface area contributed by atoms with Crippen molar-refractivity contribution in [2.75, 3.05) is 19.6 Å². The minimum atomic E-state index is -0.434. The second-order valence-corrected chi connectivity index (χ2v) is 6.58. The van der Waals surface area contributed by atoms with E-state index in [0.29, 0.717) is 25.4 Å². The third-order valence-electron chi connectivity index (χ3n) is 4.38. The molecule has 5 heteroatoms. The van der Waals surface area contributed by atoms with Crippen molar-refractivity contribution in [2.24, 2.45) is 11.8 Å². The molecule has 0 aromatic heterocycles. The summed E-state index contributed by atoms with van der Waals surface area (Å²) < 4.78 is 0. The fraction of sp³-hybridized carbons (Fsp3) is 0.867. The van der Waals surface area contributed by atoms with Crippen LogP contribution in [0.25, 0.3) is 0 Å². The van der Waals surface area contributed by atoms with Crippen LogP contribution in [0.15, 0.2) is 0 Å². The van der Waals surface area contributed by atoms with E-state index in [0.717, 1.165) is 19.4 Å². The Hall–Kier alpha value is -1.10. The largest absolute Gasteiger partial charge is 0.391 e. The molecule has 2 rings (SSSR count). The van der Waals surface area contributed by atoms with Crippen molar-refractivity contribution in [2.45, 2.75) is 52.2 Å². The first-order valence-electron chi connectivity index (χ1n) is 7.66. The van der Waals surface area contributed by atoms with Crippen LogP contribution in [0.5, 0.6) is 0 Å². The Morgan fingerprint density at radius 3 is 2.80 bits per heavy atom. The number of hydrogen-bond donors (Lipinski definition) is 1. The minimum Gasteiger partial charge on any atom is -0.391 e. The van der Waals surface area contributed by atoms with Crippen molar-refractivity contribution < 1.29 is 14.7 Å². The number of piperidine rings is 1. The number of hydrogen-bond acceptors (Lipinski definition) is 3. The van der Waals surface area contributed by atoms with E-state index in [4.69, 9.17) is 0 Å². The molecule has 20 heavy (non-hydrogen) atoms. The summed E-state index contributed by atoms with van der Waals surface area (Å²) in [4.78, 5) is 28.1. The topological polar surface area (TPSA) is 60.9 Å². The summed E-state index contributed by atoms with van der Waals surface area (Å²) in [5, 5.41) is 9.89. The lowest BCUT2D eigenvalue weighted by molar-refractivity contribution is -0.142. The number of likely N-dealkylation sites (tertiary alicyclic amines) is 2. The highest BCUT2D eigenvalue weighted by Gasteiger charge is 2.39. The van der Waals surface area contributed by atoms with Gasteiger partial charge in [-0.15, -0.1) is 0 Å². The first kappa shape index (κ1) is 15.3. The van der Waals surface area contributed by atoms with Crippen molar-refractivity contribution in [1.82, 2.24) is 9.80 Å². The van der Waals surface area contributed by atoms with Gasteiger partial charge in [0.2, 0.25) is 11.8 Å². The van der Waals surface area contributed by atoms with Gasteiger partial charge < -0.3 is 14.9 Å². The van der Waals surface area contributed by atoms with Crippen molar-refractivity contribution in [3.05, 3.63) is 0 Å². The van der Waals surface area contributed by atoms with E-state index in [2.05, 4.69) is 13.8 Å². The second kappa shape index (κ2) is 6.12. The number of aliphatic hydroxyl groups is 1. The Balaban J connectivity index is 1.98. The standard InChI is InChI=1S/C15H26N2O3/c1-10(2)8-16-9-12(7-14(16)19)15(20)17-6-4-5-13(18)11(17)3/h10-13,18H,4-9H2,1-3H3/t11-,12?,13-/m1/s1. The Labute approximate surface area is 120 Å². The Morgan fingerprint density at radius 2 is 2.15 bits per heavy atom. The average molecular weight is 282 g/mol. The SMILES string of the molecule is CC(C)CN1CC(C(=O)N2CCC[C@@H](O)[C@H]2C)CC1=O. The van der Waals surface area contributed by atoms with Gasteiger partial charge >= 0.3 is 0 Å². The first-order chi connectivity index (χ1) is 9.40. The maximum Gasteiger partial charge on any atom is 0.228 e. The van der Waals surface area contributed by atoms with Gasteiger partial charge in [-0.2, -0.15) is 0 Å². The van der Waals surface area contributed by atoms with Crippen LogP contribution in [0.2, 0.25) is 0 Å². The lowest BCUT2D eigenvalue weighted by Gasteiger charge is -2.38. The molecule has 0 aliphatic carbocycles. The molecule has 2 aliphatic rings. The fourth-order valence-corrected chi connectivity index (χ4v) is 3.22. The normalized spacial score (nSPS) is 31.2. The maximum absolute atomic E-state index is 12.6. The predicted octanol–water partition coefficient (Wildman–Crippen LogP) is 0.863. The van der Waals surface area contributed by atoms with Gasteiger partial charge in [0.1, 0.15) is 0 Å². The van der Waals surface area contributed by atoms with Crippen LogP contribution in [0.4, 0.5) is 0 Å². The number of rotatable bonds is 3. The molecule has 0 radical (unpaired) electrons. The molecule has 0 aromatic rings. The average Bonchev–Trinajstić information content (AvgIpc) is 2.73. The van der Waals surface area contributed by atoms with Crippen LogP contribution in [0.3, 0.4) is 0 Å². The molecule has 5 nitrogen and oxygen atoms in total. The van der Waals surface area contributed by atoms with Crippen LogP contribution >= 0.6 is 0 Å². The van der Waals surface area contributed by atoms with Gasteiger partial charge in [0, 0.05) is 26.1 Å². The molecular formula is C15H26N2O3. The fourth-order valence-electron chi connectivity index (χ4n) is 3.22. The van der Waals surface area contributed by atoms with Gasteiger partial charge in [-0.25, -0.2) is 0 Å². The summed E-state index contributed by atoms with van der Waals surface area (Å²) in [6, 6.07) is -0.134. The number of carbonyl (C=O) groups is 2. The molecule has 2 saturated heterocycles. The molecule has 0 saturated carbocycles. The molecule has 1 unspecified atom stereocenters. The van der Waals surface area contributed by atoms with Crippen LogP contribution in [-0.4, -0.2) is 58.5 Å². The highest BCUT2D eigenvalue weighted by molar-refractivity contribution is 5.89. The summed E-state index contributed by atoms with van der Waals surface area (Å²) >= 11 is 0. The highest BCUT2D eigenvalue weighted by Crippen LogP contribution is 2.25. The molecule has 114 valence electrons. The third-order valence-corrected chi connectivity index (χ3v) is 4.38. The lowest BCUT2D eigenvalue weighted by atomic mass is 9.97. The van der Waals surface area contributed by atoms with Crippen LogP contribution in [-0.2, 0) is 9.59 Å². The molecule has 0 bridgehead atoms. The maximum atomic E-state index is 12.6. The highest BCUT2D eigenvalue weighted by atomic mass is 16.3. The second-order valence-electron chi connectivity index (χ2n) is 6.58. The van der Waals surface area contributed by atoms with E-state index in [-0.39, 0.29) is 23.8 Å². The molecule has 2 heterocycles. The number of amides is 2. The molecule has 2 aliphatic heterocycles. The van der Waals surface area contributed by atoms with Gasteiger partial charge in [0.25, 0.3) is 0 Å². The molecule has 0 aromatic carbocycles. The van der Waals surface area contributed by atoms with Gasteiger partial charge in [0.05, 0.1) is 18.1 Å². The van der Waals surface area contributed by atoms with Crippen LogP contribution in [0, 0.1) is 11.8 Å². The van der Waals surface area contributed by atoms with Crippen molar-refractivity contribution in [3.8, 4) is 0 Å². The predicted molar refractivity (Wildman–Crippen MR) is 75.9 cm³/mol. The Morgan fingerprint density at radius 1 is 1.45 bits per heavy atom. The van der Waals surface area contributed by atoms with Crippen molar-refractivity contribution in [3.63, 3.8) is 0 Å². The monoisotopic (exact) mass is 282 g/mol. The zero-order valence-electron chi connectivity index (χ0n) is 12.7. The molecule has 1 N–H and O–H groups in total. The summed E-state index contributed by atoms with van der Waals surface area (Å²) in [6.45, 7) is 8.00. The zero-order chi connectivity index (χ0) is 14.9. The van der Waals surface area contributed by atoms with Crippen molar-refractivity contribution in [1.29, 1.82) is 0 Å². The van der Waals surface area contributed by atoms with Gasteiger partial charge in [-0.1, -0.05) is 13.8 Å². The van der Waals surface area contributed by atoms with E-state index >= 15 is 0 Å². The first-order valence-corrected chi connectivity index (χ1v) is 7.66. The van der Waals surface area contributed by atoms with E-state index in [1.165, 1.54) is 0 Å². The van der Waals surface area contributed by atoms with Crippen LogP contribution in [0.1, 0.15) is 40.0 Å². The van der Waals surface area contributed by atoms with Crippen molar-refractivity contribution >= 4 is 11.8 Å². The Kier molecular flexibility index (Phi) is 4.68. The smallest absolute Gasteiger partial charge is 0.228 e. The van der Waals surface area contributed by atoms with E-state index in [1.54, 1.807) is 9.80 Å². The van der Waals surface area contributed by atoms with Gasteiger partial charge in [0.15, 0.2) is 0 Å². The zero-order valence-corrected chi connectivity index (χ0v) is 12.7. The summed E-state index contributed by atoms with van der Waals surface area (Å²) in [5.41, 5.74) is 0. The van der Waals surface area contributed by atoms with Gasteiger partial charge in [-0.3, -0.25) is 9.59 Å². The van der Waals surface area contributed by atoms with E-state index in [1.807, 2.05) is 6.92 Å². The van der Waals surface area contributed by atoms with E-state index in [9.17, 15) is 14.7 Å². The van der Waals surface area contributed by atoms with Crippen LogP contribution < -0.4 is 0 Å². The minimum absolute atomic E-state index is 0.0378. The number of nitrogens with zero attached hydrogens (tertiary/aromatic N) is 2. The molecule has 3 atom stereocenters. The molecule has 2 amide bonds. The lowest BCUT2D eigenvalue weighted by Crippen LogP contribution is -2.51. The number of aliphatic hydroxyl groups excluding tert-OH is 1. The van der Waals surface area contributed by atoms with Gasteiger partial charge in [-0.05, 0) is 25.7 Å². The third kappa shape index (κ3) is 3.14. The number of carbonyl (C=O) groups excluding carboxylic acids is 2. The Bertz CT molecular complexity index is 383. The molecule has 0 spiro atoms. The molecule has 2 fully saturated rings. The summed E-state index contributed by atoms with van der Waals surface area (Å²) in [5.74, 6) is 0.315. The molecular weight excluding hydrogens is 256 g/mol. The summed E-state index contributed by atoms with van der Waals surface area (Å²) in [7, 11) is 0.